The molecule has 0 aromatic carbocycles. The lowest BCUT2D eigenvalue weighted by molar-refractivity contribution is 0.0411. The van der Waals surface area contributed by atoms with Gasteiger partial charge in [-0.1, -0.05) is 33.9 Å². The Bertz CT molecular complexity index is 603. The van der Waals surface area contributed by atoms with Crippen LogP contribution in [-0.2, 0) is 4.74 Å². The number of nitrogens with zero attached hydrogens (tertiary/aromatic N) is 1. The molecule has 0 saturated carbocycles. The molecule has 2 unspecified atom stereocenters. The Morgan fingerprint density at radius 1 is 1.40 bits per heavy atom. The quantitative estimate of drug-likeness (QED) is 0.850. The van der Waals surface area contributed by atoms with Crippen LogP contribution in [0.15, 0.2) is 21.9 Å². The van der Waals surface area contributed by atoms with Gasteiger partial charge in [0.05, 0.1) is 13.1 Å². The van der Waals surface area contributed by atoms with E-state index in [9.17, 15) is 9.59 Å². The van der Waals surface area contributed by atoms with Gasteiger partial charge in [0.15, 0.2) is 0 Å². The van der Waals surface area contributed by atoms with Crippen molar-refractivity contribution < 1.29 is 4.74 Å². The monoisotopic (exact) mass is 314 g/mol. The zero-order chi connectivity index (χ0) is 15.1. The molecule has 7 heteroatoms. The van der Waals surface area contributed by atoms with Gasteiger partial charge >= 0.3 is 5.69 Å². The zero-order valence-electron chi connectivity index (χ0n) is 12.6. The van der Waals surface area contributed by atoms with Crippen molar-refractivity contribution in [3.63, 3.8) is 0 Å². The third kappa shape index (κ3) is 2.80. The largest absolute Gasteiger partial charge is 0.347 e. The summed E-state index contributed by atoms with van der Waals surface area (Å²) in [6.07, 6.45) is 1.23. The summed E-state index contributed by atoms with van der Waals surface area (Å²) in [5.74, 6) is 0.739. The molecule has 112 valence electrons. The summed E-state index contributed by atoms with van der Waals surface area (Å²) in [5.41, 5.74) is -0.781. The second kappa shape index (κ2) is 5.20. The van der Waals surface area contributed by atoms with Gasteiger partial charge in [0, 0.05) is 18.0 Å². The molecule has 2 atom stereocenters. The van der Waals surface area contributed by atoms with E-state index in [2.05, 4.69) is 38.8 Å². The van der Waals surface area contributed by atoms with Gasteiger partial charge in [0.1, 0.15) is 6.23 Å². The fourth-order valence-electron chi connectivity index (χ4n) is 1.92. The van der Waals surface area contributed by atoms with Crippen LogP contribution in [-0.4, -0.2) is 28.4 Å². The molecule has 1 fully saturated rings. The van der Waals surface area contributed by atoms with Crippen LogP contribution in [0.5, 0.6) is 0 Å². The van der Waals surface area contributed by atoms with Crippen molar-refractivity contribution in [3.05, 3.63) is 33.1 Å². The molecule has 0 bridgehead atoms. The van der Waals surface area contributed by atoms with Crippen LogP contribution in [0, 0.1) is 0 Å². The summed E-state index contributed by atoms with van der Waals surface area (Å²) in [6, 6.07) is 1.36. The maximum Gasteiger partial charge on any atom is 0.330 e. The van der Waals surface area contributed by atoms with Crippen molar-refractivity contribution in [1.29, 1.82) is 0 Å². The molecule has 0 radical (unpaired) electrons. The minimum absolute atomic E-state index is 0.159. The highest BCUT2D eigenvalue weighted by molar-refractivity contribution is 8.01. The van der Waals surface area contributed by atoms with Crippen LogP contribution >= 0.6 is 11.8 Å². The molecule has 2 rings (SSSR count). The Morgan fingerprint density at radius 2 is 2.05 bits per heavy atom. The lowest BCUT2D eigenvalue weighted by Crippen LogP contribution is -2.48. The molecule has 0 spiro atoms. The molecular formula is C13H22N2O3SSi. The van der Waals surface area contributed by atoms with Crippen LogP contribution in [0.4, 0.5) is 0 Å². The number of rotatable bonds is 2. The minimum atomic E-state index is -1.62. The van der Waals surface area contributed by atoms with Crippen molar-refractivity contribution in [2.24, 2.45) is 0 Å². The SMILES string of the molecule is CC(C)(C)[Si](C)(C)C1OC(n2ccc(=O)[nH]c2=O)CS1. The number of aromatic nitrogens is 2. The third-order valence-electron chi connectivity index (χ3n) is 4.35. The first-order chi connectivity index (χ1) is 9.13. The molecule has 1 aliphatic rings. The van der Waals surface area contributed by atoms with E-state index in [0.29, 0.717) is 0 Å². The third-order valence-corrected chi connectivity index (χ3v) is 12.7. The predicted molar refractivity (Wildman–Crippen MR) is 84.9 cm³/mol. The van der Waals surface area contributed by atoms with Gasteiger partial charge < -0.3 is 4.74 Å². The lowest BCUT2D eigenvalue weighted by Gasteiger charge is -2.40. The van der Waals surface area contributed by atoms with Crippen LogP contribution in [0.25, 0.3) is 0 Å². The smallest absolute Gasteiger partial charge is 0.330 e. The van der Waals surface area contributed by atoms with E-state index < -0.39 is 13.8 Å². The molecule has 0 aliphatic carbocycles. The fraction of sp³-hybridized carbons (Fsp3) is 0.692. The topological polar surface area (TPSA) is 64.1 Å². The molecule has 0 amide bonds. The van der Waals surface area contributed by atoms with Gasteiger partial charge in [-0.25, -0.2) is 4.79 Å². The molecule has 1 aromatic heterocycles. The van der Waals surface area contributed by atoms with Crippen molar-refractivity contribution in [2.75, 3.05) is 5.75 Å². The van der Waals surface area contributed by atoms with Crippen molar-refractivity contribution in [3.8, 4) is 0 Å². The summed E-state index contributed by atoms with van der Waals surface area (Å²) in [6.45, 7) is 11.4. The van der Waals surface area contributed by atoms with E-state index in [4.69, 9.17) is 4.74 Å². The van der Waals surface area contributed by atoms with Crippen LogP contribution in [0.2, 0.25) is 18.1 Å². The summed E-state index contributed by atoms with van der Waals surface area (Å²) in [4.78, 5) is 25.2. The van der Waals surface area contributed by atoms with E-state index in [1.54, 1.807) is 11.8 Å². The number of aromatic amines is 1. The molecule has 1 aromatic rings. The van der Waals surface area contributed by atoms with Crippen molar-refractivity contribution >= 4 is 19.8 Å². The van der Waals surface area contributed by atoms with Crippen LogP contribution in [0.1, 0.15) is 27.0 Å². The average molecular weight is 314 g/mol. The van der Waals surface area contributed by atoms with E-state index in [-0.39, 0.29) is 21.9 Å². The first-order valence-electron chi connectivity index (χ1n) is 6.71. The molecule has 2 heterocycles. The van der Waals surface area contributed by atoms with Gasteiger partial charge in [-0.2, -0.15) is 0 Å². The zero-order valence-corrected chi connectivity index (χ0v) is 14.4. The Hall–Kier alpha value is -0.793. The first-order valence-corrected chi connectivity index (χ1v) is 10.8. The molecule has 1 aliphatic heterocycles. The summed E-state index contributed by atoms with van der Waals surface area (Å²) in [5, 5.41) is 0.390. The van der Waals surface area contributed by atoms with Crippen LogP contribution in [0.3, 0.4) is 0 Å². The van der Waals surface area contributed by atoms with Gasteiger partial charge in [0.25, 0.3) is 5.56 Å². The number of ether oxygens (including phenoxy) is 1. The molecule has 5 nitrogen and oxygen atoms in total. The minimum Gasteiger partial charge on any atom is -0.347 e. The maximum absolute atomic E-state index is 11.8. The highest BCUT2D eigenvalue weighted by Crippen LogP contribution is 2.46. The highest BCUT2D eigenvalue weighted by atomic mass is 32.2. The number of H-pyrrole nitrogens is 1. The second-order valence-corrected chi connectivity index (χ2v) is 13.7. The second-order valence-electron chi connectivity index (χ2n) is 6.75. The summed E-state index contributed by atoms with van der Waals surface area (Å²) >= 11 is 1.78. The van der Waals surface area contributed by atoms with Gasteiger partial charge in [0.2, 0.25) is 0 Å². The van der Waals surface area contributed by atoms with E-state index in [1.165, 1.54) is 16.8 Å². The van der Waals surface area contributed by atoms with Gasteiger partial charge in [-0.3, -0.25) is 14.3 Å². The average Bonchev–Trinajstić information content (AvgIpc) is 2.77. The summed E-state index contributed by atoms with van der Waals surface area (Å²) < 4.78 is 7.60. The number of hydrogen-bond donors (Lipinski definition) is 1. The van der Waals surface area contributed by atoms with Crippen molar-refractivity contribution in [1.82, 2.24) is 9.55 Å². The Labute approximate surface area is 123 Å². The van der Waals surface area contributed by atoms with Crippen LogP contribution < -0.4 is 11.2 Å². The first kappa shape index (κ1) is 15.6. The normalized spacial score (nSPS) is 24.1. The molecular weight excluding hydrogens is 292 g/mol. The highest BCUT2D eigenvalue weighted by Gasteiger charge is 2.47. The van der Waals surface area contributed by atoms with Gasteiger partial charge in [-0.15, -0.1) is 11.8 Å². The lowest BCUT2D eigenvalue weighted by atomic mass is 10.2. The molecule has 1 saturated heterocycles. The Balaban J connectivity index is 2.21. The molecule has 20 heavy (non-hydrogen) atoms. The van der Waals surface area contributed by atoms with E-state index in [1.807, 2.05) is 0 Å². The standard InChI is InChI=1S/C13H22N2O3SSi/c1-13(2,3)20(4,5)12-18-10(8-19-12)15-7-6-9(16)14-11(15)17/h6-7,10,12H,8H2,1-5H3,(H,14,16,17). The van der Waals surface area contributed by atoms with E-state index >= 15 is 0 Å². The van der Waals surface area contributed by atoms with Crippen molar-refractivity contribution in [2.45, 2.75) is 50.2 Å². The number of hydrogen-bond acceptors (Lipinski definition) is 4. The maximum atomic E-state index is 11.8. The predicted octanol–water partition coefficient (Wildman–Crippen LogP) is 2.17. The fourth-order valence-corrected chi connectivity index (χ4v) is 6.93. The number of nitrogens with one attached hydrogen (secondary N) is 1. The van der Waals surface area contributed by atoms with E-state index in [0.717, 1.165) is 5.75 Å². The number of thioether (sulfide) groups is 1. The Kier molecular flexibility index (Phi) is 4.05. The molecule has 1 N–H and O–H groups in total. The Morgan fingerprint density at radius 3 is 2.60 bits per heavy atom. The van der Waals surface area contributed by atoms with Gasteiger partial charge in [-0.05, 0) is 5.04 Å². The summed E-state index contributed by atoms with van der Waals surface area (Å²) in [7, 11) is -1.62.